The maximum Gasteiger partial charge on any atom is 0.255 e. The minimum atomic E-state index is -0.930. The van der Waals surface area contributed by atoms with Crippen molar-refractivity contribution in [2.45, 2.75) is 38.8 Å². The lowest BCUT2D eigenvalue weighted by Gasteiger charge is -2.38. The van der Waals surface area contributed by atoms with Crippen LogP contribution in [0.1, 0.15) is 27.2 Å². The highest BCUT2D eigenvalue weighted by molar-refractivity contribution is 5.91. The molecule has 0 aromatic heterocycles. The van der Waals surface area contributed by atoms with Crippen molar-refractivity contribution in [1.82, 2.24) is 10.2 Å². The standard InChI is InChI=1S/C13H24N2O4/c1-5-6-14-11(16)10-9-19-8-7-15(10)12(17)13(2,3)18-4/h10H,5-9H2,1-4H3,(H,14,16). The van der Waals surface area contributed by atoms with Crippen molar-refractivity contribution in [1.29, 1.82) is 0 Å². The summed E-state index contributed by atoms with van der Waals surface area (Å²) in [7, 11) is 1.49. The molecule has 1 atom stereocenters. The Balaban J connectivity index is 2.77. The molecule has 0 aromatic rings. The normalized spacial score (nSPS) is 20.2. The number of carbonyl (C=O) groups excluding carboxylic acids is 2. The van der Waals surface area contributed by atoms with Crippen LogP contribution < -0.4 is 5.32 Å². The van der Waals surface area contributed by atoms with Crippen molar-refractivity contribution in [3.8, 4) is 0 Å². The zero-order chi connectivity index (χ0) is 14.5. The number of methoxy groups -OCH3 is 1. The zero-order valence-electron chi connectivity index (χ0n) is 12.2. The second kappa shape index (κ2) is 6.86. The Hall–Kier alpha value is -1.14. The van der Waals surface area contributed by atoms with Gasteiger partial charge in [-0.1, -0.05) is 6.92 Å². The second-order valence-electron chi connectivity index (χ2n) is 5.09. The largest absolute Gasteiger partial charge is 0.377 e. The van der Waals surface area contributed by atoms with Gasteiger partial charge >= 0.3 is 0 Å². The number of nitrogens with zero attached hydrogens (tertiary/aromatic N) is 1. The molecule has 1 rings (SSSR count). The molecule has 0 spiro atoms. The van der Waals surface area contributed by atoms with Crippen LogP contribution in [0.3, 0.4) is 0 Å². The summed E-state index contributed by atoms with van der Waals surface area (Å²) in [6, 6.07) is -0.567. The molecule has 19 heavy (non-hydrogen) atoms. The van der Waals surface area contributed by atoms with Crippen LogP contribution in [0, 0.1) is 0 Å². The maximum atomic E-state index is 12.4. The molecule has 1 aliphatic heterocycles. The number of carbonyl (C=O) groups is 2. The summed E-state index contributed by atoms with van der Waals surface area (Å²) in [5.41, 5.74) is -0.930. The number of hydrogen-bond acceptors (Lipinski definition) is 4. The fourth-order valence-corrected chi connectivity index (χ4v) is 1.86. The monoisotopic (exact) mass is 272 g/mol. The maximum absolute atomic E-state index is 12.4. The molecule has 1 unspecified atom stereocenters. The minimum absolute atomic E-state index is 0.165. The molecule has 1 saturated heterocycles. The van der Waals surface area contributed by atoms with Crippen molar-refractivity contribution < 1.29 is 19.1 Å². The summed E-state index contributed by atoms with van der Waals surface area (Å²) < 4.78 is 10.5. The highest BCUT2D eigenvalue weighted by atomic mass is 16.5. The predicted octanol–water partition coefficient (Wildman–Crippen LogP) is 0.165. The first-order valence-corrected chi connectivity index (χ1v) is 6.65. The molecule has 1 aliphatic rings. The van der Waals surface area contributed by atoms with Gasteiger partial charge in [-0.25, -0.2) is 0 Å². The van der Waals surface area contributed by atoms with Crippen LogP contribution in [0.15, 0.2) is 0 Å². The van der Waals surface area contributed by atoms with Gasteiger partial charge in [-0.15, -0.1) is 0 Å². The highest BCUT2D eigenvalue weighted by Crippen LogP contribution is 2.17. The fourth-order valence-electron chi connectivity index (χ4n) is 1.86. The number of rotatable bonds is 5. The first-order chi connectivity index (χ1) is 8.94. The molecule has 2 amide bonds. The van der Waals surface area contributed by atoms with Gasteiger partial charge in [-0.2, -0.15) is 0 Å². The SMILES string of the molecule is CCCNC(=O)C1COCCN1C(=O)C(C)(C)OC. The van der Waals surface area contributed by atoms with E-state index >= 15 is 0 Å². The second-order valence-corrected chi connectivity index (χ2v) is 5.09. The van der Waals surface area contributed by atoms with Gasteiger partial charge in [-0.3, -0.25) is 9.59 Å². The summed E-state index contributed by atoms with van der Waals surface area (Å²) >= 11 is 0. The van der Waals surface area contributed by atoms with E-state index < -0.39 is 11.6 Å². The Bertz CT molecular complexity index is 331. The lowest BCUT2D eigenvalue weighted by atomic mass is 10.1. The lowest BCUT2D eigenvalue weighted by Crippen LogP contribution is -2.60. The van der Waals surface area contributed by atoms with E-state index in [0.717, 1.165) is 6.42 Å². The van der Waals surface area contributed by atoms with Crippen molar-refractivity contribution in [2.75, 3.05) is 33.4 Å². The molecular weight excluding hydrogens is 248 g/mol. The van der Waals surface area contributed by atoms with Gasteiger partial charge in [0.05, 0.1) is 13.2 Å². The van der Waals surface area contributed by atoms with Crippen LogP contribution in [0.5, 0.6) is 0 Å². The summed E-state index contributed by atoms with van der Waals surface area (Å²) in [6.07, 6.45) is 0.858. The average Bonchev–Trinajstić information content (AvgIpc) is 2.43. The van der Waals surface area contributed by atoms with E-state index in [1.54, 1.807) is 18.7 Å². The first-order valence-electron chi connectivity index (χ1n) is 6.65. The third kappa shape index (κ3) is 3.91. The van der Waals surface area contributed by atoms with Crippen molar-refractivity contribution in [2.24, 2.45) is 0 Å². The van der Waals surface area contributed by atoms with Crippen LogP contribution >= 0.6 is 0 Å². The Morgan fingerprint density at radius 1 is 1.47 bits per heavy atom. The number of nitrogens with one attached hydrogen (secondary N) is 1. The Kier molecular flexibility index (Phi) is 5.75. The molecule has 1 heterocycles. The Morgan fingerprint density at radius 2 is 2.16 bits per heavy atom. The van der Waals surface area contributed by atoms with Crippen LogP contribution in [-0.2, 0) is 19.1 Å². The molecule has 110 valence electrons. The fraction of sp³-hybridized carbons (Fsp3) is 0.846. The van der Waals surface area contributed by atoms with E-state index in [-0.39, 0.29) is 18.4 Å². The molecule has 1 N–H and O–H groups in total. The average molecular weight is 272 g/mol. The topological polar surface area (TPSA) is 67.9 Å². The van der Waals surface area contributed by atoms with Gasteiger partial charge in [0.2, 0.25) is 5.91 Å². The predicted molar refractivity (Wildman–Crippen MR) is 70.7 cm³/mol. The third-order valence-electron chi connectivity index (χ3n) is 3.27. The van der Waals surface area contributed by atoms with Crippen LogP contribution in [-0.4, -0.2) is 61.8 Å². The molecule has 0 radical (unpaired) electrons. The lowest BCUT2D eigenvalue weighted by molar-refractivity contribution is -0.163. The van der Waals surface area contributed by atoms with Crippen LogP contribution in [0.25, 0.3) is 0 Å². The quantitative estimate of drug-likeness (QED) is 0.774. The summed E-state index contributed by atoms with van der Waals surface area (Å²) in [5, 5.41) is 2.80. The molecule has 1 fully saturated rings. The third-order valence-corrected chi connectivity index (χ3v) is 3.27. The molecule has 6 heteroatoms. The molecule has 0 aliphatic carbocycles. The number of morpholine rings is 1. The van der Waals surface area contributed by atoms with Gasteiger partial charge < -0.3 is 19.7 Å². The van der Waals surface area contributed by atoms with Crippen molar-refractivity contribution in [3.63, 3.8) is 0 Å². The summed E-state index contributed by atoms with van der Waals surface area (Å²) in [5.74, 6) is -0.350. The van der Waals surface area contributed by atoms with E-state index in [2.05, 4.69) is 5.32 Å². The number of ether oxygens (including phenoxy) is 2. The van der Waals surface area contributed by atoms with Gasteiger partial charge in [0.15, 0.2) is 0 Å². The molecule has 6 nitrogen and oxygen atoms in total. The first kappa shape index (κ1) is 15.9. The summed E-state index contributed by atoms with van der Waals surface area (Å²) in [6.45, 7) is 7.08. The molecule has 0 aromatic carbocycles. The Labute approximate surface area is 114 Å². The van der Waals surface area contributed by atoms with Gasteiger partial charge in [-0.05, 0) is 20.3 Å². The van der Waals surface area contributed by atoms with E-state index in [9.17, 15) is 9.59 Å². The van der Waals surface area contributed by atoms with Crippen molar-refractivity contribution >= 4 is 11.8 Å². The van der Waals surface area contributed by atoms with Gasteiger partial charge in [0.25, 0.3) is 5.91 Å². The molecular formula is C13H24N2O4. The zero-order valence-corrected chi connectivity index (χ0v) is 12.2. The smallest absolute Gasteiger partial charge is 0.255 e. The van der Waals surface area contributed by atoms with Crippen molar-refractivity contribution in [3.05, 3.63) is 0 Å². The van der Waals surface area contributed by atoms with Crippen LogP contribution in [0.4, 0.5) is 0 Å². The minimum Gasteiger partial charge on any atom is -0.377 e. The highest BCUT2D eigenvalue weighted by Gasteiger charge is 2.39. The van der Waals surface area contributed by atoms with Crippen LogP contribution in [0.2, 0.25) is 0 Å². The number of hydrogen-bond donors (Lipinski definition) is 1. The van der Waals surface area contributed by atoms with E-state index in [1.807, 2.05) is 6.92 Å². The van der Waals surface area contributed by atoms with E-state index in [1.165, 1.54) is 7.11 Å². The summed E-state index contributed by atoms with van der Waals surface area (Å²) in [4.78, 5) is 26.0. The molecule has 0 saturated carbocycles. The molecule has 0 bridgehead atoms. The van der Waals surface area contributed by atoms with Gasteiger partial charge in [0, 0.05) is 20.2 Å². The van der Waals surface area contributed by atoms with E-state index in [0.29, 0.717) is 19.7 Å². The Morgan fingerprint density at radius 3 is 2.74 bits per heavy atom. The van der Waals surface area contributed by atoms with Gasteiger partial charge in [0.1, 0.15) is 11.6 Å². The number of amides is 2. The van der Waals surface area contributed by atoms with E-state index in [4.69, 9.17) is 9.47 Å².